The number of amides is 1. The Bertz CT molecular complexity index is 369. The van der Waals surface area contributed by atoms with Crippen LogP contribution in [-0.4, -0.2) is 11.3 Å². The summed E-state index contributed by atoms with van der Waals surface area (Å²) in [6.07, 6.45) is 0.462. The Morgan fingerprint density at radius 2 is 2.13 bits per heavy atom. The minimum absolute atomic E-state index is 0.462. The number of carbonyl (C=O) groups is 1. The highest BCUT2D eigenvalue weighted by molar-refractivity contribution is 9.10. The van der Waals surface area contributed by atoms with Crippen molar-refractivity contribution >= 4 is 33.4 Å². The maximum atomic E-state index is 10.9. The van der Waals surface area contributed by atoms with Gasteiger partial charge in [0.05, 0.1) is 0 Å². The van der Waals surface area contributed by atoms with Crippen LogP contribution in [0.15, 0.2) is 16.6 Å². The lowest BCUT2D eigenvalue weighted by Crippen LogP contribution is -2.25. The Kier molecular flexibility index (Phi) is 4.17. The maximum absolute atomic E-state index is 10.9. The van der Waals surface area contributed by atoms with Crippen molar-refractivity contribution in [3.8, 4) is 0 Å². The van der Waals surface area contributed by atoms with Gasteiger partial charge in [-0.15, -0.1) is 11.6 Å². The molecule has 0 bridgehead atoms. The summed E-state index contributed by atoms with van der Waals surface area (Å²) in [5, 5.41) is -0.650. The Hall–Kier alpha value is -0.540. The largest absolute Gasteiger partial charge is 0.368 e. The van der Waals surface area contributed by atoms with Crippen molar-refractivity contribution < 1.29 is 4.79 Å². The van der Waals surface area contributed by atoms with Gasteiger partial charge in [-0.2, -0.15) is 0 Å². The minimum atomic E-state index is -0.650. The molecule has 0 spiro atoms. The average Bonchev–Trinajstić information content (AvgIpc) is 2.10. The number of hydrogen-bond acceptors (Lipinski definition) is 1. The van der Waals surface area contributed by atoms with Gasteiger partial charge in [0.2, 0.25) is 5.91 Å². The quantitative estimate of drug-likeness (QED) is 0.855. The van der Waals surface area contributed by atoms with E-state index in [-0.39, 0.29) is 0 Å². The van der Waals surface area contributed by atoms with Gasteiger partial charge in [0.15, 0.2) is 0 Å². The second kappa shape index (κ2) is 4.99. The van der Waals surface area contributed by atoms with Crippen LogP contribution in [0.4, 0.5) is 0 Å². The van der Waals surface area contributed by atoms with E-state index >= 15 is 0 Å². The van der Waals surface area contributed by atoms with E-state index in [2.05, 4.69) is 22.0 Å². The molecule has 0 aliphatic rings. The molecule has 1 rings (SSSR count). The number of nitrogens with two attached hydrogens (primary N) is 1. The van der Waals surface area contributed by atoms with Gasteiger partial charge in [-0.1, -0.05) is 22.0 Å². The lowest BCUT2D eigenvalue weighted by Gasteiger charge is -2.11. The van der Waals surface area contributed by atoms with Gasteiger partial charge in [0, 0.05) is 4.47 Å². The zero-order valence-electron chi connectivity index (χ0n) is 8.68. The molecule has 0 saturated heterocycles. The van der Waals surface area contributed by atoms with E-state index in [1.807, 2.05) is 19.9 Å². The fraction of sp³-hybridized carbons (Fsp3) is 0.364. The first-order valence-corrected chi connectivity index (χ1v) is 5.83. The van der Waals surface area contributed by atoms with E-state index in [9.17, 15) is 4.79 Å². The van der Waals surface area contributed by atoms with E-state index in [1.54, 1.807) is 0 Å². The lowest BCUT2D eigenvalue weighted by molar-refractivity contribution is -0.117. The fourth-order valence-corrected chi connectivity index (χ4v) is 2.47. The number of alkyl halides is 1. The summed E-state index contributed by atoms with van der Waals surface area (Å²) >= 11 is 9.30. The Labute approximate surface area is 103 Å². The number of primary amides is 1. The number of hydrogen-bond donors (Lipinski definition) is 1. The molecule has 1 amide bonds. The van der Waals surface area contributed by atoms with Crippen molar-refractivity contribution in [1.82, 2.24) is 0 Å². The molecule has 0 fully saturated rings. The molecular formula is C11H13BrClNO. The van der Waals surface area contributed by atoms with Gasteiger partial charge >= 0.3 is 0 Å². The Morgan fingerprint density at radius 1 is 1.53 bits per heavy atom. The van der Waals surface area contributed by atoms with Gasteiger partial charge in [-0.05, 0) is 43.0 Å². The molecule has 0 aliphatic carbocycles. The number of benzene rings is 1. The lowest BCUT2D eigenvalue weighted by atomic mass is 10.0. The number of rotatable bonds is 3. The van der Waals surface area contributed by atoms with E-state index in [1.165, 1.54) is 5.56 Å². The third-order valence-corrected chi connectivity index (χ3v) is 3.33. The molecule has 0 saturated carbocycles. The second-order valence-corrected chi connectivity index (χ2v) is 5.00. The van der Waals surface area contributed by atoms with Crippen molar-refractivity contribution in [1.29, 1.82) is 0 Å². The molecule has 82 valence electrons. The van der Waals surface area contributed by atoms with Crippen LogP contribution >= 0.6 is 27.5 Å². The van der Waals surface area contributed by atoms with Crippen molar-refractivity contribution in [3.63, 3.8) is 0 Å². The van der Waals surface area contributed by atoms with Crippen LogP contribution < -0.4 is 5.73 Å². The summed E-state index contributed by atoms with van der Waals surface area (Å²) in [6, 6.07) is 4.07. The van der Waals surface area contributed by atoms with Gasteiger partial charge in [-0.3, -0.25) is 4.79 Å². The topological polar surface area (TPSA) is 43.1 Å². The second-order valence-electron chi connectivity index (χ2n) is 3.62. The zero-order valence-corrected chi connectivity index (χ0v) is 11.0. The van der Waals surface area contributed by atoms with Gasteiger partial charge < -0.3 is 5.73 Å². The summed E-state index contributed by atoms with van der Waals surface area (Å²) in [5.74, 6) is -0.483. The summed E-state index contributed by atoms with van der Waals surface area (Å²) < 4.78 is 0.979. The van der Waals surface area contributed by atoms with Crippen molar-refractivity contribution in [2.24, 2.45) is 5.73 Å². The third kappa shape index (κ3) is 3.21. The molecule has 1 aromatic rings. The maximum Gasteiger partial charge on any atom is 0.235 e. The molecule has 4 heteroatoms. The van der Waals surface area contributed by atoms with Crippen LogP contribution in [0.2, 0.25) is 0 Å². The first-order chi connectivity index (χ1) is 6.91. The van der Waals surface area contributed by atoms with Crippen molar-refractivity contribution in [2.45, 2.75) is 25.6 Å². The van der Waals surface area contributed by atoms with Crippen LogP contribution in [0.5, 0.6) is 0 Å². The SMILES string of the molecule is Cc1cc(C)c(CC(Cl)C(N)=O)c(Br)c1. The Morgan fingerprint density at radius 3 is 2.60 bits per heavy atom. The van der Waals surface area contributed by atoms with Gasteiger partial charge in [-0.25, -0.2) is 0 Å². The molecule has 0 aromatic heterocycles. The van der Waals surface area contributed by atoms with Crippen LogP contribution in [-0.2, 0) is 11.2 Å². The van der Waals surface area contributed by atoms with Gasteiger partial charge in [0.25, 0.3) is 0 Å². The molecule has 0 aliphatic heterocycles. The first kappa shape index (κ1) is 12.5. The van der Waals surface area contributed by atoms with Crippen molar-refractivity contribution in [3.05, 3.63) is 33.3 Å². The molecule has 2 nitrogen and oxygen atoms in total. The van der Waals surface area contributed by atoms with Gasteiger partial charge in [0.1, 0.15) is 5.38 Å². The van der Waals surface area contributed by atoms with Crippen LogP contribution in [0, 0.1) is 13.8 Å². The Balaban J connectivity index is 3.00. The molecule has 0 heterocycles. The normalized spacial score (nSPS) is 12.5. The van der Waals surface area contributed by atoms with E-state index in [4.69, 9.17) is 17.3 Å². The number of halogens is 2. The molecule has 1 aromatic carbocycles. The highest BCUT2D eigenvalue weighted by Gasteiger charge is 2.15. The molecule has 1 atom stereocenters. The highest BCUT2D eigenvalue weighted by Crippen LogP contribution is 2.24. The predicted octanol–water partition coefficient (Wildman–Crippen LogP) is 2.70. The molecule has 0 radical (unpaired) electrons. The first-order valence-electron chi connectivity index (χ1n) is 4.61. The summed E-state index contributed by atoms with van der Waals surface area (Å²) in [5.41, 5.74) is 8.46. The van der Waals surface area contributed by atoms with Crippen molar-refractivity contribution in [2.75, 3.05) is 0 Å². The molecule has 1 unspecified atom stereocenters. The number of carbonyl (C=O) groups excluding carboxylic acids is 1. The zero-order chi connectivity index (χ0) is 11.6. The minimum Gasteiger partial charge on any atom is -0.368 e. The third-order valence-electron chi connectivity index (χ3n) is 2.25. The van der Waals surface area contributed by atoms with Crippen LogP contribution in [0.3, 0.4) is 0 Å². The highest BCUT2D eigenvalue weighted by atomic mass is 79.9. The van der Waals surface area contributed by atoms with E-state index in [0.717, 1.165) is 15.6 Å². The smallest absolute Gasteiger partial charge is 0.235 e. The van der Waals surface area contributed by atoms with E-state index < -0.39 is 11.3 Å². The van der Waals surface area contributed by atoms with Crippen LogP contribution in [0.25, 0.3) is 0 Å². The number of aryl methyl sites for hydroxylation is 2. The summed E-state index contributed by atoms with van der Waals surface area (Å²) in [7, 11) is 0. The molecule has 15 heavy (non-hydrogen) atoms. The predicted molar refractivity (Wildman–Crippen MR) is 66.2 cm³/mol. The summed E-state index contributed by atoms with van der Waals surface area (Å²) in [6.45, 7) is 4.02. The fourth-order valence-electron chi connectivity index (χ4n) is 1.48. The van der Waals surface area contributed by atoms with E-state index in [0.29, 0.717) is 6.42 Å². The summed E-state index contributed by atoms with van der Waals surface area (Å²) in [4.78, 5) is 10.9. The van der Waals surface area contributed by atoms with Crippen LogP contribution in [0.1, 0.15) is 16.7 Å². The monoisotopic (exact) mass is 289 g/mol. The molecule has 2 N–H and O–H groups in total. The average molecular weight is 291 g/mol. The molecular weight excluding hydrogens is 277 g/mol. The standard InChI is InChI=1S/C11H13BrClNO/c1-6-3-7(2)8(9(12)4-6)5-10(13)11(14)15/h3-4,10H,5H2,1-2H3,(H2,14,15).